The Kier molecular flexibility index (Phi) is 7.66. The Morgan fingerprint density at radius 3 is 1.51 bits per heavy atom. The van der Waals surface area contributed by atoms with Crippen LogP contribution in [0.15, 0.2) is 126 Å². The summed E-state index contributed by atoms with van der Waals surface area (Å²) in [6.45, 7) is 0. The maximum Gasteiger partial charge on any atom is 0.139 e. The van der Waals surface area contributed by atoms with E-state index in [0.717, 1.165) is 16.6 Å². The molecule has 0 saturated heterocycles. The second kappa shape index (κ2) is 12.4. The smallest absolute Gasteiger partial charge is 0.139 e. The lowest BCUT2D eigenvalue weighted by Crippen LogP contribution is -2.50. The number of para-hydroxylation sites is 1. The van der Waals surface area contributed by atoms with Gasteiger partial charge in [-0.2, -0.15) is 0 Å². The third-order valence-corrected chi connectivity index (χ3v) is 13.3. The first-order valence-corrected chi connectivity index (χ1v) is 19.5. The molecule has 0 fully saturated rings. The summed E-state index contributed by atoms with van der Waals surface area (Å²) >= 11 is 0. The minimum Gasteiger partial charge on any atom is -0.456 e. The van der Waals surface area contributed by atoms with Gasteiger partial charge in [-0.05, 0) is 101 Å². The molecule has 0 saturated carbocycles. The van der Waals surface area contributed by atoms with Gasteiger partial charge in [0, 0.05) is 10.8 Å². The molecule has 9 heteroatoms. The molecule has 0 amide bonds. The van der Waals surface area contributed by atoms with Gasteiger partial charge in [0.15, 0.2) is 0 Å². The van der Waals surface area contributed by atoms with Crippen LogP contribution in [0.4, 0.5) is 0 Å². The van der Waals surface area contributed by atoms with Crippen molar-refractivity contribution in [2.45, 2.75) is 0 Å². The summed E-state index contributed by atoms with van der Waals surface area (Å²) in [6, 6.07) is 44.6. The number of fused-ring (bicyclic) bond motifs is 8. The summed E-state index contributed by atoms with van der Waals surface area (Å²) in [5, 5.41) is 12.8. The van der Waals surface area contributed by atoms with Crippen molar-refractivity contribution in [3.63, 3.8) is 0 Å². The quantitative estimate of drug-likeness (QED) is 0.136. The Labute approximate surface area is 329 Å². The highest BCUT2D eigenvalue weighted by Crippen LogP contribution is 2.45. The fourth-order valence-corrected chi connectivity index (χ4v) is 9.71. The van der Waals surface area contributed by atoms with Crippen LogP contribution >= 0.6 is 0 Å². The maximum atomic E-state index is 6.53. The van der Waals surface area contributed by atoms with E-state index >= 15 is 0 Å². The zero-order valence-electron chi connectivity index (χ0n) is 33.0. The monoisotopic (exact) mass is 692 g/mol. The van der Waals surface area contributed by atoms with Gasteiger partial charge in [0.1, 0.15) is 73.9 Å². The van der Waals surface area contributed by atoms with Gasteiger partial charge in [-0.15, -0.1) is 21.9 Å². The number of hydrogen-bond acceptors (Lipinski definition) is 1. The Morgan fingerprint density at radius 2 is 0.818 bits per heavy atom. The van der Waals surface area contributed by atoms with Crippen LogP contribution in [0.2, 0.25) is 0 Å². The molecule has 250 valence electrons. The van der Waals surface area contributed by atoms with Gasteiger partial charge in [-0.3, -0.25) is 0 Å². The molecule has 10 aromatic rings. The SMILES string of the molecule is Bc1c(B)c(B)c2c(-c3cccc4oc5ccccc5c34)c3c(B)c(B)c(B)c(B)c3c(-c3cccc(-c4ccc5c(ccc6ccccc65)c4)c3)c2c1B. The van der Waals surface area contributed by atoms with Gasteiger partial charge in [0.05, 0.1) is 0 Å². The minimum atomic E-state index is 0.925. The van der Waals surface area contributed by atoms with Gasteiger partial charge in [-0.1, -0.05) is 119 Å². The lowest BCUT2D eigenvalue weighted by Gasteiger charge is -2.28. The molecule has 0 aliphatic heterocycles. The van der Waals surface area contributed by atoms with E-state index in [4.69, 9.17) is 4.42 Å². The van der Waals surface area contributed by atoms with Crippen LogP contribution in [-0.4, -0.2) is 62.8 Å². The lowest BCUT2D eigenvalue weighted by molar-refractivity contribution is 0.669. The van der Waals surface area contributed by atoms with Crippen molar-refractivity contribution in [1.82, 2.24) is 0 Å². The largest absolute Gasteiger partial charge is 0.456 e. The zero-order valence-corrected chi connectivity index (χ0v) is 33.0. The van der Waals surface area contributed by atoms with Crippen molar-refractivity contribution in [2.24, 2.45) is 0 Å². The second-order valence-corrected chi connectivity index (χ2v) is 15.8. The van der Waals surface area contributed by atoms with Crippen LogP contribution in [-0.2, 0) is 0 Å². The summed E-state index contributed by atoms with van der Waals surface area (Å²) in [4.78, 5) is 0. The van der Waals surface area contributed by atoms with Crippen molar-refractivity contribution in [3.8, 4) is 33.4 Å². The molecule has 9 aromatic carbocycles. The Morgan fingerprint density at radius 1 is 0.309 bits per heavy atom. The minimum absolute atomic E-state index is 0.925. The molecule has 1 aromatic heterocycles. The Balaban J connectivity index is 1.36. The summed E-state index contributed by atoms with van der Waals surface area (Å²) < 4.78 is 6.53. The van der Waals surface area contributed by atoms with Gasteiger partial charge in [-0.25, -0.2) is 0 Å². The van der Waals surface area contributed by atoms with E-state index in [-0.39, 0.29) is 0 Å². The van der Waals surface area contributed by atoms with E-state index in [2.05, 4.69) is 184 Å². The molecule has 1 nitrogen and oxygen atoms in total. The molecule has 0 unspecified atom stereocenters. The standard InChI is InChI=1S/C46H36B8O/c47-39-35-32(25-9-5-8-22(20-25)23-17-18-27-24(19-23)16-15-21-7-1-2-10-26(21)27)36-38(42(50)46(54)44(52)40(36)48)34(37(35)41(49)45(53)43(39)51)29-12-6-14-31-33(29)28-11-3-4-13-30(28)55-31/h1-20H,47-54H2. The van der Waals surface area contributed by atoms with E-state index in [9.17, 15) is 0 Å². The molecule has 0 radical (unpaired) electrons. The van der Waals surface area contributed by atoms with E-state index in [1.54, 1.807) is 0 Å². The van der Waals surface area contributed by atoms with Crippen molar-refractivity contribution in [1.29, 1.82) is 0 Å². The number of rotatable bonds is 3. The highest BCUT2D eigenvalue weighted by molar-refractivity contribution is 6.71. The first-order valence-electron chi connectivity index (χ1n) is 19.5. The molecule has 0 N–H and O–H groups in total. The predicted molar refractivity (Wildman–Crippen MR) is 265 cm³/mol. The highest BCUT2D eigenvalue weighted by atomic mass is 16.3. The molecule has 1 heterocycles. The van der Waals surface area contributed by atoms with Crippen molar-refractivity contribution < 1.29 is 4.42 Å². The Bertz CT molecular complexity index is 3230. The van der Waals surface area contributed by atoms with Gasteiger partial charge < -0.3 is 4.42 Å². The van der Waals surface area contributed by atoms with E-state index in [0.29, 0.717) is 0 Å². The summed E-state index contributed by atoms with van der Waals surface area (Å²) in [7, 11) is 18.6. The van der Waals surface area contributed by atoms with Crippen LogP contribution in [0.3, 0.4) is 0 Å². The van der Waals surface area contributed by atoms with E-state index in [1.165, 1.54) is 126 Å². The molecular weight excluding hydrogens is 655 g/mol. The topological polar surface area (TPSA) is 13.1 Å². The molecular formula is C46H36B8O. The van der Waals surface area contributed by atoms with Crippen LogP contribution < -0.4 is 43.7 Å². The first-order chi connectivity index (χ1) is 26.6. The molecule has 55 heavy (non-hydrogen) atoms. The normalized spacial score (nSPS) is 11.9. The molecule has 0 bridgehead atoms. The Hall–Kier alpha value is -5.66. The van der Waals surface area contributed by atoms with Crippen LogP contribution in [0.25, 0.3) is 98.4 Å². The van der Waals surface area contributed by atoms with Crippen molar-refractivity contribution >= 4 is 172 Å². The third kappa shape index (κ3) is 4.85. The molecule has 0 spiro atoms. The molecule has 0 atom stereocenters. The molecule has 0 aliphatic rings. The van der Waals surface area contributed by atoms with Crippen LogP contribution in [0.1, 0.15) is 0 Å². The van der Waals surface area contributed by atoms with Gasteiger partial charge in [0.25, 0.3) is 0 Å². The molecule has 0 aliphatic carbocycles. The lowest BCUT2D eigenvalue weighted by atomic mass is 9.59. The van der Waals surface area contributed by atoms with Crippen molar-refractivity contribution in [2.75, 3.05) is 0 Å². The van der Waals surface area contributed by atoms with Gasteiger partial charge >= 0.3 is 0 Å². The second-order valence-electron chi connectivity index (χ2n) is 15.8. The zero-order chi connectivity index (χ0) is 37.9. The van der Waals surface area contributed by atoms with Crippen molar-refractivity contribution in [3.05, 3.63) is 121 Å². The van der Waals surface area contributed by atoms with Gasteiger partial charge in [0.2, 0.25) is 0 Å². The van der Waals surface area contributed by atoms with E-state index < -0.39 is 0 Å². The fourth-order valence-electron chi connectivity index (χ4n) is 9.71. The predicted octanol–water partition coefficient (Wildman–Crippen LogP) is -0.733. The average Bonchev–Trinajstić information content (AvgIpc) is 3.61. The van der Waals surface area contributed by atoms with E-state index in [1.807, 2.05) is 0 Å². The summed E-state index contributed by atoms with van der Waals surface area (Å²) in [5.41, 5.74) is 20.3. The number of benzene rings is 9. The first kappa shape index (κ1) is 33.9. The number of furan rings is 1. The molecule has 10 rings (SSSR count). The number of hydrogen-bond donors (Lipinski definition) is 0. The third-order valence-electron chi connectivity index (χ3n) is 13.3. The average molecular weight is 691 g/mol. The van der Waals surface area contributed by atoms with Crippen LogP contribution in [0, 0.1) is 0 Å². The fraction of sp³-hybridized carbons (Fsp3) is 0. The maximum absolute atomic E-state index is 6.53. The van der Waals surface area contributed by atoms with Crippen LogP contribution in [0.5, 0.6) is 0 Å². The summed E-state index contributed by atoms with van der Waals surface area (Å²) in [5.74, 6) is 0. The highest BCUT2D eigenvalue weighted by Gasteiger charge is 2.26. The summed E-state index contributed by atoms with van der Waals surface area (Å²) in [6.07, 6.45) is 0.